The van der Waals surface area contributed by atoms with Crippen molar-refractivity contribution in [1.29, 1.82) is 0 Å². The Bertz CT molecular complexity index is 1050. The Morgan fingerprint density at radius 1 is 0.500 bits per heavy atom. The summed E-state index contributed by atoms with van der Waals surface area (Å²) in [5, 5.41) is 0. The molecule has 1 radical (unpaired) electrons. The van der Waals surface area contributed by atoms with Crippen molar-refractivity contribution in [3.63, 3.8) is 0 Å². The van der Waals surface area contributed by atoms with Gasteiger partial charge in [-0.05, 0) is 58.1 Å². The third-order valence-electron chi connectivity index (χ3n) is 6.13. The van der Waals surface area contributed by atoms with E-state index in [9.17, 15) is 0 Å². The Morgan fingerprint density at radius 3 is 1.03 bits per heavy atom. The minimum atomic E-state index is 0. The van der Waals surface area contributed by atoms with Crippen LogP contribution in [0.5, 0.6) is 0 Å². The van der Waals surface area contributed by atoms with Crippen LogP contribution in [0.1, 0.15) is 113 Å². The van der Waals surface area contributed by atoms with Crippen molar-refractivity contribution in [3.8, 4) is 0 Å². The number of hydrogen-bond acceptors (Lipinski definition) is 3. The van der Waals surface area contributed by atoms with Crippen molar-refractivity contribution >= 4 is 23.8 Å². The van der Waals surface area contributed by atoms with E-state index in [1.165, 1.54) is 22.3 Å². The van der Waals surface area contributed by atoms with Gasteiger partial charge in [0.05, 0.1) is 35.2 Å². The number of hydrogen-bond donors (Lipinski definition) is 0. The molecular formula is C31H39Cl3N3Nd. The van der Waals surface area contributed by atoms with Gasteiger partial charge >= 0.3 is 40.8 Å². The molecule has 2 aromatic carbocycles. The SMILES string of the molecule is CC(C)c1cccc(C(C)C)c1N=Cc1cccc(C=Nc2c(C(C)C)cccc2C(C)C)n1.[Cl-].[Cl-].[Cl-].[Nd+3]. The van der Waals surface area contributed by atoms with Crippen molar-refractivity contribution in [2.24, 2.45) is 9.98 Å². The number of aromatic nitrogens is 1. The van der Waals surface area contributed by atoms with Crippen LogP contribution in [0.2, 0.25) is 0 Å². The first-order chi connectivity index (χ1) is 16.2. The Kier molecular flexibility index (Phi) is 19.1. The number of nitrogens with zero attached hydrogens (tertiary/aromatic N) is 3. The number of aliphatic imine (C=N–C) groups is 2. The van der Waals surface area contributed by atoms with Crippen LogP contribution in [0.25, 0.3) is 0 Å². The second-order valence-corrected chi connectivity index (χ2v) is 10.2. The van der Waals surface area contributed by atoms with Gasteiger partial charge in [-0.25, -0.2) is 4.98 Å². The molecule has 3 aromatic rings. The fraction of sp³-hybridized carbons (Fsp3) is 0.387. The summed E-state index contributed by atoms with van der Waals surface area (Å²) < 4.78 is 0. The predicted octanol–water partition coefficient (Wildman–Crippen LogP) is 0.0884. The van der Waals surface area contributed by atoms with E-state index in [0.717, 1.165) is 22.8 Å². The number of rotatable bonds is 8. The van der Waals surface area contributed by atoms with Gasteiger partial charge in [0.15, 0.2) is 0 Å². The van der Waals surface area contributed by atoms with Gasteiger partial charge in [-0.2, -0.15) is 0 Å². The molecule has 0 saturated heterocycles. The molecule has 0 aliphatic carbocycles. The van der Waals surface area contributed by atoms with Gasteiger partial charge in [0, 0.05) is 0 Å². The Morgan fingerprint density at radius 2 is 0.763 bits per heavy atom. The minimum Gasteiger partial charge on any atom is -1.00 e. The number of para-hydroxylation sites is 2. The number of halogens is 3. The van der Waals surface area contributed by atoms with Crippen LogP contribution in [0.15, 0.2) is 64.6 Å². The maximum atomic E-state index is 4.92. The monoisotopic (exact) mass is 700 g/mol. The minimum absolute atomic E-state index is 0. The molecular weight excluding hydrogens is 665 g/mol. The average molecular weight is 704 g/mol. The third kappa shape index (κ3) is 10.3. The fourth-order valence-electron chi connectivity index (χ4n) is 4.20. The second kappa shape index (κ2) is 18.5. The molecule has 0 atom stereocenters. The zero-order chi connectivity index (χ0) is 24.8. The number of pyridine rings is 1. The summed E-state index contributed by atoms with van der Waals surface area (Å²) in [5.74, 6) is 1.64. The molecule has 0 spiro atoms. The molecule has 1 heterocycles. The first-order valence-corrected chi connectivity index (χ1v) is 12.5. The van der Waals surface area contributed by atoms with E-state index in [2.05, 4.69) is 91.8 Å². The van der Waals surface area contributed by atoms with Crippen molar-refractivity contribution in [1.82, 2.24) is 4.98 Å². The van der Waals surface area contributed by atoms with Gasteiger partial charge in [-0.15, -0.1) is 0 Å². The van der Waals surface area contributed by atoms with Crippen molar-refractivity contribution in [2.45, 2.75) is 79.1 Å². The topological polar surface area (TPSA) is 37.6 Å². The van der Waals surface area contributed by atoms with Crippen LogP contribution in [0.4, 0.5) is 11.4 Å². The molecule has 0 amide bonds. The molecule has 3 nitrogen and oxygen atoms in total. The summed E-state index contributed by atoms with van der Waals surface area (Å²) in [4.78, 5) is 14.6. The van der Waals surface area contributed by atoms with E-state index < -0.39 is 0 Å². The molecule has 0 aliphatic heterocycles. The van der Waals surface area contributed by atoms with Crippen molar-refractivity contribution in [3.05, 3.63) is 88.2 Å². The predicted molar refractivity (Wildman–Crippen MR) is 148 cm³/mol. The second-order valence-electron chi connectivity index (χ2n) is 10.2. The van der Waals surface area contributed by atoms with Gasteiger partial charge < -0.3 is 37.2 Å². The van der Waals surface area contributed by atoms with Crippen LogP contribution in [-0.2, 0) is 0 Å². The van der Waals surface area contributed by atoms with E-state index in [1.807, 2.05) is 30.6 Å². The van der Waals surface area contributed by atoms with E-state index in [0.29, 0.717) is 23.7 Å². The normalized spacial score (nSPS) is 11.1. The summed E-state index contributed by atoms with van der Waals surface area (Å²) in [7, 11) is 0. The van der Waals surface area contributed by atoms with E-state index in [1.54, 1.807) is 0 Å². The van der Waals surface area contributed by atoms with E-state index in [4.69, 9.17) is 15.0 Å². The van der Waals surface area contributed by atoms with Gasteiger partial charge in [0.2, 0.25) is 0 Å². The molecule has 0 N–H and O–H groups in total. The van der Waals surface area contributed by atoms with Gasteiger partial charge in [0.1, 0.15) is 0 Å². The van der Waals surface area contributed by atoms with Crippen LogP contribution >= 0.6 is 0 Å². The van der Waals surface area contributed by atoms with E-state index >= 15 is 0 Å². The zero-order valence-corrected chi connectivity index (χ0v) is 29.1. The molecule has 0 aliphatic rings. The Hall–Kier alpha value is -0.849. The Balaban J connectivity index is 0. The molecule has 0 bridgehead atoms. The van der Waals surface area contributed by atoms with Crippen LogP contribution < -0.4 is 37.2 Å². The fourth-order valence-corrected chi connectivity index (χ4v) is 4.20. The molecule has 203 valence electrons. The number of benzene rings is 2. The first kappa shape index (κ1) is 39.3. The van der Waals surface area contributed by atoms with Gasteiger partial charge in [0.25, 0.3) is 0 Å². The quantitative estimate of drug-likeness (QED) is 0.307. The molecule has 0 unspecified atom stereocenters. The van der Waals surface area contributed by atoms with Crippen LogP contribution in [-0.4, -0.2) is 17.4 Å². The Labute approximate surface area is 281 Å². The molecule has 0 fully saturated rings. The summed E-state index contributed by atoms with van der Waals surface area (Å²) in [6, 6.07) is 19.0. The summed E-state index contributed by atoms with van der Waals surface area (Å²) in [6.07, 6.45) is 3.76. The molecule has 38 heavy (non-hydrogen) atoms. The average Bonchev–Trinajstić information content (AvgIpc) is 2.80. The van der Waals surface area contributed by atoms with Crippen molar-refractivity contribution < 1.29 is 78.1 Å². The first-order valence-electron chi connectivity index (χ1n) is 12.5. The largest absolute Gasteiger partial charge is 3.00 e. The zero-order valence-electron chi connectivity index (χ0n) is 23.6. The van der Waals surface area contributed by atoms with Crippen molar-refractivity contribution in [2.75, 3.05) is 0 Å². The molecule has 0 saturated carbocycles. The van der Waals surface area contributed by atoms with Crippen LogP contribution in [0, 0.1) is 40.8 Å². The molecule has 1 aromatic heterocycles. The van der Waals surface area contributed by atoms with Crippen LogP contribution in [0.3, 0.4) is 0 Å². The summed E-state index contributed by atoms with van der Waals surface area (Å²) in [5.41, 5.74) is 8.88. The standard InChI is InChI=1S/C31H39N3.3ClH.Nd/c1-20(2)26-14-10-15-27(21(3)4)30(26)32-18-24-12-9-13-25(34-24)19-33-31-28(22(5)6)16-11-17-29(31)23(7)8;;;;/h9-23H,1-8H3;3*1H;/q;;;;+3/p-3. The maximum absolute atomic E-state index is 4.92. The van der Waals surface area contributed by atoms with Gasteiger partial charge in [-0.3, -0.25) is 9.98 Å². The van der Waals surface area contributed by atoms with E-state index in [-0.39, 0.29) is 78.1 Å². The maximum Gasteiger partial charge on any atom is 3.00 e. The summed E-state index contributed by atoms with van der Waals surface area (Å²) >= 11 is 0. The molecule has 3 rings (SSSR count). The van der Waals surface area contributed by atoms with Gasteiger partial charge in [-0.1, -0.05) is 97.9 Å². The molecule has 7 heteroatoms. The third-order valence-corrected chi connectivity index (χ3v) is 6.13. The smallest absolute Gasteiger partial charge is 1.00 e. The summed E-state index contributed by atoms with van der Waals surface area (Å²) in [6.45, 7) is 17.7.